The zero-order chi connectivity index (χ0) is 12.0. The van der Waals surface area contributed by atoms with Crippen LogP contribution < -0.4 is 16.6 Å². The molecule has 16 heavy (non-hydrogen) atoms. The highest BCUT2D eigenvalue weighted by Gasteiger charge is 2.12. The maximum atomic E-state index is 11.7. The second-order valence-corrected chi connectivity index (χ2v) is 3.30. The Morgan fingerprint density at radius 3 is 3.00 bits per heavy atom. The molecule has 0 radical (unpaired) electrons. The van der Waals surface area contributed by atoms with Gasteiger partial charge in [-0.05, 0) is 6.07 Å². The van der Waals surface area contributed by atoms with Crippen LogP contribution in [0.1, 0.15) is 10.4 Å². The van der Waals surface area contributed by atoms with Crippen LogP contribution in [0.25, 0.3) is 0 Å². The van der Waals surface area contributed by atoms with E-state index in [4.69, 9.17) is 10.5 Å². The highest BCUT2D eigenvalue weighted by Crippen LogP contribution is 1.94. The molecule has 88 valence electrons. The number of carbonyl (C=O) groups excluding carboxylic acids is 1. The number of carbonyl (C=O) groups is 1. The van der Waals surface area contributed by atoms with E-state index in [0.29, 0.717) is 12.2 Å². The van der Waals surface area contributed by atoms with Crippen molar-refractivity contribution in [1.29, 1.82) is 0 Å². The first-order valence-corrected chi connectivity index (χ1v) is 4.86. The SMILES string of the molecule is COCC(CN)NC(=O)c1cc[nH]c(=O)c1. The molecule has 0 saturated carbocycles. The number of amides is 1. The number of aromatic amines is 1. The average molecular weight is 225 g/mol. The third-order valence-electron chi connectivity index (χ3n) is 2.02. The van der Waals surface area contributed by atoms with Crippen LogP contribution in [0, 0.1) is 0 Å². The van der Waals surface area contributed by atoms with Gasteiger partial charge < -0.3 is 20.8 Å². The number of nitrogens with one attached hydrogen (secondary N) is 2. The third kappa shape index (κ3) is 3.48. The van der Waals surface area contributed by atoms with Gasteiger partial charge in [0.05, 0.1) is 12.6 Å². The Kier molecular flexibility index (Phi) is 4.68. The van der Waals surface area contributed by atoms with Gasteiger partial charge in [0.1, 0.15) is 0 Å². The lowest BCUT2D eigenvalue weighted by Crippen LogP contribution is -2.43. The Hall–Kier alpha value is -1.66. The number of ether oxygens (including phenoxy) is 1. The molecular formula is C10H15N3O3. The van der Waals surface area contributed by atoms with Gasteiger partial charge >= 0.3 is 0 Å². The molecule has 1 amide bonds. The van der Waals surface area contributed by atoms with E-state index in [1.165, 1.54) is 25.4 Å². The van der Waals surface area contributed by atoms with E-state index in [2.05, 4.69) is 10.3 Å². The molecule has 0 bridgehead atoms. The van der Waals surface area contributed by atoms with Crippen molar-refractivity contribution in [2.24, 2.45) is 5.73 Å². The molecule has 0 aliphatic heterocycles. The van der Waals surface area contributed by atoms with Crippen molar-refractivity contribution in [3.8, 4) is 0 Å². The van der Waals surface area contributed by atoms with Gasteiger partial charge in [-0.15, -0.1) is 0 Å². The van der Waals surface area contributed by atoms with Crippen molar-refractivity contribution >= 4 is 5.91 Å². The number of methoxy groups -OCH3 is 1. The van der Waals surface area contributed by atoms with Gasteiger partial charge in [0.15, 0.2) is 0 Å². The third-order valence-corrected chi connectivity index (χ3v) is 2.02. The fraction of sp³-hybridized carbons (Fsp3) is 0.400. The van der Waals surface area contributed by atoms with Gasteiger partial charge in [-0.2, -0.15) is 0 Å². The van der Waals surface area contributed by atoms with Crippen LogP contribution in [0.4, 0.5) is 0 Å². The topological polar surface area (TPSA) is 97.2 Å². The van der Waals surface area contributed by atoms with Crippen molar-refractivity contribution in [2.45, 2.75) is 6.04 Å². The summed E-state index contributed by atoms with van der Waals surface area (Å²) in [4.78, 5) is 25.1. The quantitative estimate of drug-likeness (QED) is 0.603. The number of nitrogens with two attached hydrogens (primary N) is 1. The Bertz CT molecular complexity index is 402. The summed E-state index contributed by atoms with van der Waals surface area (Å²) in [6, 6.07) is 2.50. The van der Waals surface area contributed by atoms with E-state index in [-0.39, 0.29) is 24.1 Å². The van der Waals surface area contributed by atoms with E-state index < -0.39 is 0 Å². The largest absolute Gasteiger partial charge is 0.383 e. The summed E-state index contributed by atoms with van der Waals surface area (Å²) in [6.45, 7) is 0.619. The second-order valence-electron chi connectivity index (χ2n) is 3.30. The summed E-state index contributed by atoms with van der Waals surface area (Å²) in [5, 5.41) is 2.67. The van der Waals surface area contributed by atoms with Crippen LogP contribution in [0.3, 0.4) is 0 Å². The van der Waals surface area contributed by atoms with Crippen LogP contribution in [-0.2, 0) is 4.74 Å². The summed E-state index contributed by atoms with van der Waals surface area (Å²) in [6.07, 6.45) is 1.42. The summed E-state index contributed by atoms with van der Waals surface area (Å²) >= 11 is 0. The molecule has 1 aromatic rings. The lowest BCUT2D eigenvalue weighted by molar-refractivity contribution is 0.0900. The molecule has 1 unspecified atom stereocenters. The summed E-state index contributed by atoms with van der Waals surface area (Å²) < 4.78 is 4.89. The summed E-state index contributed by atoms with van der Waals surface area (Å²) in [7, 11) is 1.53. The standard InChI is InChI=1S/C10H15N3O3/c1-16-6-8(5-11)13-10(15)7-2-3-12-9(14)4-7/h2-4,8H,5-6,11H2,1H3,(H,12,14)(H,13,15). The number of pyridine rings is 1. The fourth-order valence-electron chi connectivity index (χ4n) is 1.22. The van der Waals surface area contributed by atoms with E-state index in [1.807, 2.05) is 0 Å². The first-order valence-electron chi connectivity index (χ1n) is 4.86. The number of rotatable bonds is 5. The summed E-state index contributed by atoms with van der Waals surface area (Å²) in [5.74, 6) is -0.335. The first kappa shape index (κ1) is 12.4. The molecule has 0 aromatic carbocycles. The maximum absolute atomic E-state index is 11.7. The van der Waals surface area contributed by atoms with Gasteiger partial charge in [0.25, 0.3) is 5.91 Å². The molecule has 0 saturated heterocycles. The van der Waals surface area contributed by atoms with Crippen molar-refractivity contribution in [3.63, 3.8) is 0 Å². The number of hydrogen-bond donors (Lipinski definition) is 3. The minimum atomic E-state index is -0.335. The van der Waals surface area contributed by atoms with Gasteiger partial charge in [-0.25, -0.2) is 0 Å². The molecule has 0 aliphatic carbocycles. The highest BCUT2D eigenvalue weighted by molar-refractivity contribution is 5.94. The molecular weight excluding hydrogens is 210 g/mol. The zero-order valence-electron chi connectivity index (χ0n) is 9.03. The Labute approximate surface area is 92.8 Å². The fourth-order valence-corrected chi connectivity index (χ4v) is 1.22. The molecule has 1 atom stereocenters. The monoisotopic (exact) mass is 225 g/mol. The van der Waals surface area contributed by atoms with Crippen molar-refractivity contribution in [1.82, 2.24) is 10.3 Å². The predicted molar refractivity (Wildman–Crippen MR) is 59.2 cm³/mol. The van der Waals surface area contributed by atoms with Crippen molar-refractivity contribution < 1.29 is 9.53 Å². The zero-order valence-corrected chi connectivity index (χ0v) is 9.03. The van der Waals surface area contributed by atoms with E-state index in [9.17, 15) is 9.59 Å². The lowest BCUT2D eigenvalue weighted by Gasteiger charge is -2.15. The van der Waals surface area contributed by atoms with E-state index in [1.54, 1.807) is 0 Å². The normalized spacial score (nSPS) is 12.1. The Balaban J connectivity index is 2.67. The van der Waals surface area contributed by atoms with Gasteiger partial charge in [0.2, 0.25) is 5.56 Å². The molecule has 1 heterocycles. The number of H-pyrrole nitrogens is 1. The second kappa shape index (κ2) is 6.04. The van der Waals surface area contributed by atoms with Crippen LogP contribution in [0.2, 0.25) is 0 Å². The van der Waals surface area contributed by atoms with Gasteiger partial charge in [0, 0.05) is 31.5 Å². The minimum absolute atomic E-state index is 0.253. The molecule has 4 N–H and O–H groups in total. The molecule has 0 spiro atoms. The smallest absolute Gasteiger partial charge is 0.251 e. The van der Waals surface area contributed by atoms with Crippen molar-refractivity contribution in [3.05, 3.63) is 34.2 Å². The van der Waals surface area contributed by atoms with E-state index in [0.717, 1.165) is 0 Å². The van der Waals surface area contributed by atoms with Crippen molar-refractivity contribution in [2.75, 3.05) is 20.3 Å². The molecule has 1 rings (SSSR count). The summed E-state index contributed by atoms with van der Waals surface area (Å²) in [5.41, 5.74) is 5.44. The van der Waals surface area contributed by atoms with Gasteiger partial charge in [-0.1, -0.05) is 0 Å². The molecule has 6 nitrogen and oxygen atoms in total. The Morgan fingerprint density at radius 1 is 1.69 bits per heavy atom. The lowest BCUT2D eigenvalue weighted by atomic mass is 10.2. The molecule has 0 aliphatic rings. The molecule has 1 aromatic heterocycles. The molecule has 0 fully saturated rings. The van der Waals surface area contributed by atoms with Crippen LogP contribution in [-0.4, -0.2) is 37.2 Å². The van der Waals surface area contributed by atoms with Gasteiger partial charge in [-0.3, -0.25) is 9.59 Å². The van der Waals surface area contributed by atoms with E-state index >= 15 is 0 Å². The average Bonchev–Trinajstić information content (AvgIpc) is 2.28. The Morgan fingerprint density at radius 2 is 2.44 bits per heavy atom. The number of aromatic nitrogens is 1. The maximum Gasteiger partial charge on any atom is 0.251 e. The predicted octanol–water partition coefficient (Wildman–Crippen LogP) is -0.922. The van der Waals surface area contributed by atoms with Crippen LogP contribution in [0.5, 0.6) is 0 Å². The first-order chi connectivity index (χ1) is 7.67. The minimum Gasteiger partial charge on any atom is -0.383 e. The van der Waals surface area contributed by atoms with Crippen LogP contribution >= 0.6 is 0 Å². The van der Waals surface area contributed by atoms with Crippen LogP contribution in [0.15, 0.2) is 23.1 Å². The highest BCUT2D eigenvalue weighted by atomic mass is 16.5. The number of hydrogen-bond acceptors (Lipinski definition) is 4. The molecule has 6 heteroatoms.